The van der Waals surface area contributed by atoms with Crippen LogP contribution in [0, 0.1) is 5.92 Å². The molecule has 0 bridgehead atoms. The normalized spacial score (nSPS) is 45.3. The average Bonchev–Trinajstić information content (AvgIpc) is 2.88. The van der Waals surface area contributed by atoms with Crippen LogP contribution >= 0.6 is 0 Å². The minimum absolute atomic E-state index is 0.355. The highest BCUT2D eigenvalue weighted by Gasteiger charge is 2.52. The number of carbonyl (C=O) groups is 1. The molecule has 0 amide bonds. The SMILES string of the molecule is CC1=C[C@H](O[C@@H]2O[C@H](CO)[C@@H](O)[C@H](O)[C@H]2O)CC(C)=C[C@@H]2OC(=O)[C@@](C)(O)[C@@H]2CC1. The zero-order valence-corrected chi connectivity index (χ0v) is 17.5. The summed E-state index contributed by atoms with van der Waals surface area (Å²) in [5.74, 6) is -0.984. The smallest absolute Gasteiger partial charge is 0.338 e. The van der Waals surface area contributed by atoms with Gasteiger partial charge in [0.05, 0.1) is 12.7 Å². The molecule has 5 N–H and O–H groups in total. The van der Waals surface area contributed by atoms with Gasteiger partial charge in [-0.05, 0) is 46.1 Å². The van der Waals surface area contributed by atoms with Gasteiger partial charge < -0.3 is 39.7 Å². The number of carbonyl (C=O) groups excluding carboxylic acids is 1. The molecule has 2 aliphatic heterocycles. The van der Waals surface area contributed by atoms with E-state index in [9.17, 15) is 30.3 Å². The summed E-state index contributed by atoms with van der Waals surface area (Å²) in [5, 5.41) is 50.1. The predicted molar refractivity (Wildman–Crippen MR) is 104 cm³/mol. The van der Waals surface area contributed by atoms with Crippen LogP contribution in [0.4, 0.5) is 0 Å². The summed E-state index contributed by atoms with van der Waals surface area (Å²) in [6.45, 7) is 4.72. The van der Waals surface area contributed by atoms with Gasteiger partial charge in [-0.2, -0.15) is 0 Å². The largest absolute Gasteiger partial charge is 0.456 e. The summed E-state index contributed by atoms with van der Waals surface area (Å²) in [6.07, 6.45) is -2.54. The Morgan fingerprint density at radius 2 is 1.83 bits per heavy atom. The van der Waals surface area contributed by atoms with E-state index in [4.69, 9.17) is 14.2 Å². The van der Waals surface area contributed by atoms with Crippen molar-refractivity contribution in [2.24, 2.45) is 5.92 Å². The minimum atomic E-state index is -1.53. The number of rotatable bonds is 3. The molecule has 2 fully saturated rings. The van der Waals surface area contributed by atoms with Crippen LogP contribution in [-0.2, 0) is 19.0 Å². The maximum Gasteiger partial charge on any atom is 0.338 e. The lowest BCUT2D eigenvalue weighted by Crippen LogP contribution is -2.59. The second-order valence-corrected chi connectivity index (χ2v) is 8.76. The van der Waals surface area contributed by atoms with Crippen LogP contribution < -0.4 is 0 Å². The number of hydrogen-bond acceptors (Lipinski definition) is 9. The summed E-state index contributed by atoms with van der Waals surface area (Å²) in [7, 11) is 0. The van der Waals surface area contributed by atoms with Gasteiger partial charge in [0.25, 0.3) is 0 Å². The standard InChI is InChI=1S/C21H32O9/c1-10-4-5-13-14(30-20(26)21(13,3)27)8-11(2)7-12(6-10)28-19-18(25)17(24)16(23)15(9-22)29-19/h6,8,12-19,22-25,27H,4-5,7,9H2,1-3H3/t12-,13+,14-,15+,16+,17-,18+,19+,21-/m0/s1. The lowest BCUT2D eigenvalue weighted by atomic mass is 9.81. The Kier molecular flexibility index (Phi) is 7.03. The monoisotopic (exact) mass is 428 g/mol. The third-order valence-corrected chi connectivity index (χ3v) is 6.22. The lowest BCUT2D eigenvalue weighted by Gasteiger charge is -2.40. The predicted octanol–water partition coefficient (Wildman–Crippen LogP) is -0.459. The fourth-order valence-electron chi connectivity index (χ4n) is 4.34. The molecule has 0 aromatic carbocycles. The zero-order valence-electron chi connectivity index (χ0n) is 17.5. The highest BCUT2D eigenvalue weighted by molar-refractivity contribution is 5.82. The van der Waals surface area contributed by atoms with Crippen molar-refractivity contribution in [2.75, 3.05) is 6.61 Å². The Morgan fingerprint density at radius 3 is 2.50 bits per heavy atom. The van der Waals surface area contributed by atoms with Gasteiger partial charge in [-0.1, -0.05) is 17.2 Å². The molecule has 3 rings (SSSR count). The molecule has 0 saturated carbocycles. The third-order valence-electron chi connectivity index (χ3n) is 6.22. The molecule has 1 aliphatic carbocycles. The van der Waals surface area contributed by atoms with E-state index in [0.29, 0.717) is 19.3 Å². The number of aliphatic hydroxyl groups excluding tert-OH is 4. The van der Waals surface area contributed by atoms with Crippen molar-refractivity contribution in [3.05, 3.63) is 23.3 Å². The molecule has 2 saturated heterocycles. The van der Waals surface area contributed by atoms with Crippen LogP contribution in [-0.4, -0.2) is 86.6 Å². The summed E-state index contributed by atoms with van der Waals surface area (Å²) in [5.41, 5.74) is 0.289. The number of fused-ring (bicyclic) bond motifs is 1. The van der Waals surface area contributed by atoms with Crippen molar-refractivity contribution in [2.45, 2.75) is 88.5 Å². The van der Waals surface area contributed by atoms with Crippen molar-refractivity contribution in [1.82, 2.24) is 0 Å². The number of allylic oxidation sites excluding steroid dienone is 1. The highest BCUT2D eigenvalue weighted by atomic mass is 16.7. The molecule has 0 radical (unpaired) electrons. The Hall–Kier alpha value is -1.33. The molecule has 0 spiro atoms. The molecule has 0 aromatic heterocycles. The molecular formula is C21H32O9. The van der Waals surface area contributed by atoms with Gasteiger partial charge in [-0.3, -0.25) is 0 Å². The van der Waals surface area contributed by atoms with Crippen LogP contribution in [0.1, 0.15) is 40.0 Å². The molecular weight excluding hydrogens is 396 g/mol. The van der Waals surface area contributed by atoms with E-state index in [1.165, 1.54) is 6.92 Å². The number of hydrogen-bond donors (Lipinski definition) is 5. The molecule has 9 nitrogen and oxygen atoms in total. The second kappa shape index (κ2) is 9.04. The molecule has 9 atom stereocenters. The molecule has 170 valence electrons. The summed E-state index contributed by atoms with van der Waals surface area (Å²) < 4.78 is 16.8. The van der Waals surface area contributed by atoms with Gasteiger partial charge in [-0.25, -0.2) is 4.79 Å². The van der Waals surface area contributed by atoms with Crippen LogP contribution in [0.25, 0.3) is 0 Å². The molecule has 3 aliphatic rings. The molecule has 9 heteroatoms. The Bertz CT molecular complexity index is 699. The Balaban J connectivity index is 1.78. The summed E-state index contributed by atoms with van der Waals surface area (Å²) in [6, 6.07) is 0. The van der Waals surface area contributed by atoms with Crippen LogP contribution in [0.2, 0.25) is 0 Å². The topological polar surface area (TPSA) is 146 Å². The first-order valence-electron chi connectivity index (χ1n) is 10.3. The molecule has 0 aromatic rings. The summed E-state index contributed by atoms with van der Waals surface area (Å²) >= 11 is 0. The molecule has 0 unspecified atom stereocenters. The van der Waals surface area contributed by atoms with Gasteiger partial charge in [-0.15, -0.1) is 0 Å². The van der Waals surface area contributed by atoms with Gasteiger partial charge in [0, 0.05) is 5.92 Å². The fraction of sp³-hybridized carbons (Fsp3) is 0.762. The van der Waals surface area contributed by atoms with Crippen molar-refractivity contribution in [1.29, 1.82) is 0 Å². The first kappa shape index (κ1) is 23.3. The van der Waals surface area contributed by atoms with Crippen molar-refractivity contribution in [3.63, 3.8) is 0 Å². The Labute approximate surface area is 175 Å². The molecule has 30 heavy (non-hydrogen) atoms. The lowest BCUT2D eigenvalue weighted by molar-refractivity contribution is -0.307. The highest BCUT2D eigenvalue weighted by Crippen LogP contribution is 2.38. The van der Waals surface area contributed by atoms with Crippen LogP contribution in [0.3, 0.4) is 0 Å². The zero-order chi connectivity index (χ0) is 22.2. The van der Waals surface area contributed by atoms with E-state index in [0.717, 1.165) is 11.1 Å². The van der Waals surface area contributed by atoms with E-state index in [1.807, 2.05) is 26.0 Å². The van der Waals surface area contributed by atoms with Crippen molar-refractivity contribution in [3.8, 4) is 0 Å². The second-order valence-electron chi connectivity index (χ2n) is 8.76. The first-order chi connectivity index (χ1) is 14.0. The van der Waals surface area contributed by atoms with E-state index < -0.39 is 61.1 Å². The summed E-state index contributed by atoms with van der Waals surface area (Å²) in [4.78, 5) is 12.1. The van der Waals surface area contributed by atoms with Gasteiger partial charge in [0.1, 0.15) is 30.5 Å². The molecule has 2 heterocycles. The van der Waals surface area contributed by atoms with Gasteiger partial charge in [0.2, 0.25) is 0 Å². The number of ether oxygens (including phenoxy) is 3. The maximum atomic E-state index is 12.1. The van der Waals surface area contributed by atoms with Crippen LogP contribution in [0.15, 0.2) is 23.3 Å². The van der Waals surface area contributed by atoms with E-state index in [2.05, 4.69) is 0 Å². The quantitative estimate of drug-likeness (QED) is 0.298. The van der Waals surface area contributed by atoms with Crippen LogP contribution in [0.5, 0.6) is 0 Å². The minimum Gasteiger partial charge on any atom is -0.456 e. The van der Waals surface area contributed by atoms with E-state index in [-0.39, 0.29) is 5.92 Å². The van der Waals surface area contributed by atoms with Crippen molar-refractivity contribution < 1.29 is 44.5 Å². The fourth-order valence-corrected chi connectivity index (χ4v) is 4.34. The number of aliphatic hydroxyl groups is 5. The van der Waals surface area contributed by atoms with Gasteiger partial charge >= 0.3 is 5.97 Å². The average molecular weight is 428 g/mol. The van der Waals surface area contributed by atoms with E-state index >= 15 is 0 Å². The maximum absolute atomic E-state index is 12.1. The van der Waals surface area contributed by atoms with E-state index in [1.54, 1.807) is 0 Å². The Morgan fingerprint density at radius 1 is 1.13 bits per heavy atom. The van der Waals surface area contributed by atoms with Crippen molar-refractivity contribution >= 4 is 5.97 Å². The third kappa shape index (κ3) is 4.62. The van der Waals surface area contributed by atoms with Gasteiger partial charge in [0.15, 0.2) is 11.9 Å². The number of esters is 1. The first-order valence-corrected chi connectivity index (χ1v) is 10.3.